The van der Waals surface area contributed by atoms with Gasteiger partial charge in [-0.1, -0.05) is 0 Å². The Kier molecular flexibility index (Phi) is 2.82. The van der Waals surface area contributed by atoms with E-state index in [-0.39, 0.29) is 0 Å². The van der Waals surface area contributed by atoms with E-state index in [9.17, 15) is 4.91 Å². The molecule has 2 aromatic heterocycles. The van der Waals surface area contributed by atoms with Gasteiger partial charge in [0.15, 0.2) is 7.05 Å². The Hall–Kier alpha value is -2.56. The van der Waals surface area contributed by atoms with E-state index in [4.69, 9.17) is 0 Å². The zero-order chi connectivity index (χ0) is 14.3. The molecule has 0 atom stereocenters. The highest BCUT2D eigenvalue weighted by atomic mass is 16.3. The first kappa shape index (κ1) is 12.5. The van der Waals surface area contributed by atoms with Crippen molar-refractivity contribution >= 4 is 16.6 Å². The van der Waals surface area contributed by atoms with Gasteiger partial charge < -0.3 is 0 Å². The van der Waals surface area contributed by atoms with Crippen molar-refractivity contribution in [2.45, 2.75) is 13.8 Å². The Balaban J connectivity index is 2.34. The van der Waals surface area contributed by atoms with E-state index < -0.39 is 0 Å². The molecule has 0 saturated heterocycles. The number of benzene rings is 1. The fourth-order valence-electron chi connectivity index (χ4n) is 2.55. The molecule has 0 amide bonds. The fourth-order valence-corrected chi connectivity index (χ4v) is 2.55. The van der Waals surface area contributed by atoms with Crippen LogP contribution in [0.15, 0.2) is 35.6 Å². The van der Waals surface area contributed by atoms with Gasteiger partial charge in [0.25, 0.3) is 0 Å². The van der Waals surface area contributed by atoms with Gasteiger partial charge in [0.2, 0.25) is 5.52 Å². The average Bonchev–Trinajstić information content (AvgIpc) is 2.72. The van der Waals surface area contributed by atoms with Gasteiger partial charge in [-0.3, -0.25) is 4.98 Å². The number of fused-ring (bicyclic) bond motifs is 1. The van der Waals surface area contributed by atoms with Gasteiger partial charge in [0, 0.05) is 23.5 Å². The zero-order valence-corrected chi connectivity index (χ0v) is 11.6. The molecule has 0 aliphatic rings. The van der Waals surface area contributed by atoms with Crippen LogP contribution in [-0.4, -0.2) is 10.1 Å². The second-order valence-corrected chi connectivity index (χ2v) is 4.96. The number of aromatic nitrogens is 3. The van der Waals surface area contributed by atoms with Gasteiger partial charge >= 0.3 is 0 Å². The summed E-state index contributed by atoms with van der Waals surface area (Å²) in [6.45, 7) is 3.91. The van der Waals surface area contributed by atoms with Crippen molar-refractivity contribution in [3.63, 3.8) is 0 Å². The summed E-state index contributed by atoms with van der Waals surface area (Å²) in [5.74, 6) is 0. The summed E-state index contributed by atoms with van der Waals surface area (Å²) in [6.07, 6.45) is 1.74. The number of nitrogens with zero attached hydrogens (tertiary/aromatic N) is 3. The van der Waals surface area contributed by atoms with E-state index >= 15 is 0 Å². The molecule has 1 aromatic carbocycles. The van der Waals surface area contributed by atoms with Crippen molar-refractivity contribution in [1.29, 1.82) is 0 Å². The molecule has 1 N–H and O–H groups in total. The molecule has 20 heavy (non-hydrogen) atoms. The molecule has 0 aliphatic carbocycles. The molecular formula is C15H15N4O+. The lowest BCUT2D eigenvalue weighted by Crippen LogP contribution is -2.30. The molecular weight excluding hydrogens is 252 g/mol. The van der Waals surface area contributed by atoms with Crippen molar-refractivity contribution in [2.24, 2.45) is 12.2 Å². The summed E-state index contributed by atoms with van der Waals surface area (Å²) in [6, 6.07) is 7.67. The monoisotopic (exact) mass is 267 g/mol. The van der Waals surface area contributed by atoms with Gasteiger partial charge in [-0.05, 0) is 42.8 Å². The Bertz CT molecular complexity index is 820. The number of aryl methyl sites for hydroxylation is 3. The number of aromatic amines is 1. The standard InChI is InChI=1S/C15H14N4O/c1-9-6-11(4-5-16-9)13-8-15-12(7-14(13)18-20)10(2)17-19(15)3/h4-8H,1-3H3/p+1. The quantitative estimate of drug-likeness (QED) is 0.573. The second-order valence-electron chi connectivity index (χ2n) is 4.96. The molecule has 2 heterocycles. The molecule has 0 bridgehead atoms. The van der Waals surface area contributed by atoms with Crippen molar-refractivity contribution in [2.75, 3.05) is 0 Å². The SMILES string of the molecule is Cc1cc(-c2cc3c(cc2N=O)c(C)[nH][n+]3C)ccn1. The molecule has 0 aliphatic heterocycles. The van der Waals surface area contributed by atoms with Gasteiger partial charge in [-0.2, -0.15) is 5.10 Å². The summed E-state index contributed by atoms with van der Waals surface area (Å²) in [4.78, 5) is 15.3. The average molecular weight is 267 g/mol. The van der Waals surface area contributed by atoms with Crippen LogP contribution in [0.4, 0.5) is 5.69 Å². The van der Waals surface area contributed by atoms with Crippen LogP contribution in [0.2, 0.25) is 0 Å². The minimum absolute atomic E-state index is 0.450. The summed E-state index contributed by atoms with van der Waals surface area (Å²) in [5, 5.41) is 7.41. The molecule has 5 heteroatoms. The maximum absolute atomic E-state index is 11.2. The summed E-state index contributed by atoms with van der Waals surface area (Å²) in [7, 11) is 1.95. The first-order valence-electron chi connectivity index (χ1n) is 6.39. The first-order valence-corrected chi connectivity index (χ1v) is 6.39. The molecule has 0 radical (unpaired) electrons. The third-order valence-electron chi connectivity index (χ3n) is 3.52. The fraction of sp³-hybridized carbons (Fsp3) is 0.200. The minimum atomic E-state index is 0.450. The Morgan fingerprint density at radius 2 is 2.05 bits per heavy atom. The first-order chi connectivity index (χ1) is 9.60. The molecule has 3 aromatic rings. The van der Waals surface area contributed by atoms with Gasteiger partial charge in [-0.25, -0.2) is 0 Å². The number of hydrogen-bond acceptors (Lipinski definition) is 3. The van der Waals surface area contributed by atoms with Gasteiger partial charge in [0.05, 0.1) is 11.1 Å². The molecule has 0 unspecified atom stereocenters. The van der Waals surface area contributed by atoms with Crippen molar-refractivity contribution < 1.29 is 4.68 Å². The lowest BCUT2D eigenvalue weighted by atomic mass is 10.0. The van der Waals surface area contributed by atoms with Crippen molar-refractivity contribution in [1.82, 2.24) is 10.1 Å². The highest BCUT2D eigenvalue weighted by molar-refractivity contribution is 5.90. The zero-order valence-electron chi connectivity index (χ0n) is 11.6. The van der Waals surface area contributed by atoms with E-state index in [1.807, 2.05) is 49.8 Å². The number of hydrogen-bond donors (Lipinski definition) is 1. The van der Waals surface area contributed by atoms with Crippen LogP contribution in [0, 0.1) is 18.8 Å². The topological polar surface area (TPSA) is 62.0 Å². The third-order valence-corrected chi connectivity index (χ3v) is 3.52. The highest BCUT2D eigenvalue weighted by Gasteiger charge is 2.17. The molecule has 100 valence electrons. The van der Waals surface area contributed by atoms with Gasteiger partial charge in [0.1, 0.15) is 5.69 Å². The van der Waals surface area contributed by atoms with E-state index in [0.717, 1.165) is 33.4 Å². The normalized spacial score (nSPS) is 10.9. The summed E-state index contributed by atoms with van der Waals surface area (Å²) < 4.78 is 1.94. The summed E-state index contributed by atoms with van der Waals surface area (Å²) in [5.41, 5.74) is 5.20. The predicted molar refractivity (Wildman–Crippen MR) is 77.6 cm³/mol. The number of nitrogens with one attached hydrogen (secondary N) is 1. The van der Waals surface area contributed by atoms with Crippen molar-refractivity contribution in [3.05, 3.63) is 46.8 Å². The predicted octanol–water partition coefficient (Wildman–Crippen LogP) is 3.07. The van der Waals surface area contributed by atoms with E-state index in [2.05, 4.69) is 15.3 Å². The van der Waals surface area contributed by atoms with Crippen LogP contribution in [0.5, 0.6) is 0 Å². The Morgan fingerprint density at radius 1 is 1.25 bits per heavy atom. The van der Waals surface area contributed by atoms with Crippen LogP contribution in [-0.2, 0) is 7.05 Å². The molecule has 0 fully saturated rings. The van der Waals surface area contributed by atoms with E-state index in [1.54, 1.807) is 6.20 Å². The number of pyridine rings is 1. The minimum Gasteiger partial charge on any atom is -0.262 e. The molecule has 3 rings (SSSR count). The number of H-pyrrole nitrogens is 1. The second kappa shape index (κ2) is 4.52. The van der Waals surface area contributed by atoms with Crippen LogP contribution in [0.1, 0.15) is 11.4 Å². The molecule has 0 saturated carbocycles. The van der Waals surface area contributed by atoms with Crippen LogP contribution >= 0.6 is 0 Å². The highest BCUT2D eigenvalue weighted by Crippen LogP contribution is 2.34. The molecule has 5 nitrogen and oxygen atoms in total. The third kappa shape index (κ3) is 1.87. The number of rotatable bonds is 2. The summed E-state index contributed by atoms with van der Waals surface area (Å²) >= 11 is 0. The van der Waals surface area contributed by atoms with Crippen LogP contribution in [0.25, 0.3) is 22.0 Å². The largest absolute Gasteiger partial charge is 0.262 e. The lowest BCUT2D eigenvalue weighted by molar-refractivity contribution is -0.703. The van der Waals surface area contributed by atoms with Crippen molar-refractivity contribution in [3.8, 4) is 11.1 Å². The Morgan fingerprint density at radius 3 is 2.75 bits per heavy atom. The maximum Gasteiger partial charge on any atom is 0.239 e. The Labute approximate surface area is 116 Å². The van der Waals surface area contributed by atoms with Crippen LogP contribution in [0.3, 0.4) is 0 Å². The number of nitroso groups, excluding NO2 is 1. The van der Waals surface area contributed by atoms with E-state index in [1.165, 1.54) is 0 Å². The van der Waals surface area contributed by atoms with Gasteiger partial charge in [-0.15, -0.1) is 9.59 Å². The maximum atomic E-state index is 11.2. The lowest BCUT2D eigenvalue weighted by Gasteiger charge is -2.04. The molecule has 0 spiro atoms. The van der Waals surface area contributed by atoms with E-state index in [0.29, 0.717) is 5.69 Å². The van der Waals surface area contributed by atoms with Crippen LogP contribution < -0.4 is 4.68 Å². The smallest absolute Gasteiger partial charge is 0.239 e.